The van der Waals surface area contributed by atoms with Crippen molar-refractivity contribution in [3.8, 4) is 0 Å². The van der Waals surface area contributed by atoms with Crippen LogP contribution >= 0.6 is 0 Å². The highest BCUT2D eigenvalue weighted by Crippen LogP contribution is 2.25. The van der Waals surface area contributed by atoms with Crippen LogP contribution in [0.5, 0.6) is 0 Å². The molecule has 2 aromatic heterocycles. The van der Waals surface area contributed by atoms with Crippen LogP contribution in [0.4, 0.5) is 5.82 Å². The van der Waals surface area contributed by atoms with E-state index in [9.17, 15) is 0 Å². The number of anilines is 1. The number of aromatic nitrogens is 3. The molecule has 2 heterocycles. The van der Waals surface area contributed by atoms with Gasteiger partial charge in [-0.2, -0.15) is 0 Å². The molecular weight excluding hydrogens is 342 g/mol. The first-order chi connectivity index (χ1) is 13.1. The van der Waals surface area contributed by atoms with Gasteiger partial charge in [0.05, 0.1) is 18.7 Å². The molecule has 152 valence electrons. The molecule has 0 aliphatic carbocycles. The monoisotopic (exact) mass is 377 g/mol. The number of methoxy groups -OCH3 is 2. The molecule has 0 radical (unpaired) electrons. The zero-order chi connectivity index (χ0) is 19.6. The molecule has 0 amide bonds. The molecule has 0 saturated carbocycles. The normalized spacial score (nSPS) is 11.7. The maximum atomic E-state index is 6.03. The number of nitrogens with one attached hydrogen (secondary N) is 1. The van der Waals surface area contributed by atoms with Crippen LogP contribution in [0, 0.1) is 13.8 Å². The van der Waals surface area contributed by atoms with Gasteiger partial charge in [0.15, 0.2) is 5.82 Å². The third kappa shape index (κ3) is 6.45. The Bertz CT molecular complexity index is 693. The van der Waals surface area contributed by atoms with Crippen molar-refractivity contribution in [2.75, 3.05) is 52.8 Å². The number of H-pyrrole nitrogens is 1. The molecular formula is C20H35N5O2. The Morgan fingerprint density at radius 2 is 1.59 bits per heavy atom. The molecule has 0 aliphatic heterocycles. The maximum Gasteiger partial charge on any atom is 0.151 e. The number of nitrogen functional groups attached to an aromatic ring is 1. The predicted molar refractivity (Wildman–Crippen MR) is 110 cm³/mol. The lowest BCUT2D eigenvalue weighted by Gasteiger charge is -2.21. The van der Waals surface area contributed by atoms with Crippen molar-refractivity contribution in [2.45, 2.75) is 46.0 Å². The van der Waals surface area contributed by atoms with Gasteiger partial charge in [-0.1, -0.05) is 12.8 Å². The molecule has 27 heavy (non-hydrogen) atoms. The van der Waals surface area contributed by atoms with Gasteiger partial charge in [-0.25, -0.2) is 9.97 Å². The first-order valence-corrected chi connectivity index (χ1v) is 9.88. The van der Waals surface area contributed by atoms with Crippen LogP contribution in [0.1, 0.15) is 42.8 Å². The summed E-state index contributed by atoms with van der Waals surface area (Å²) in [4.78, 5) is 14.6. The number of aryl methyl sites for hydroxylation is 3. The highest BCUT2D eigenvalue weighted by Gasteiger charge is 2.13. The average Bonchev–Trinajstić information content (AvgIpc) is 2.95. The van der Waals surface area contributed by atoms with Gasteiger partial charge in [0, 0.05) is 33.0 Å². The van der Waals surface area contributed by atoms with Crippen molar-refractivity contribution in [1.29, 1.82) is 0 Å². The summed E-state index contributed by atoms with van der Waals surface area (Å²) >= 11 is 0. The molecule has 7 heteroatoms. The summed E-state index contributed by atoms with van der Waals surface area (Å²) in [6.07, 6.45) is 5.84. The smallest absolute Gasteiger partial charge is 0.151 e. The lowest BCUT2D eigenvalue weighted by Crippen LogP contribution is -2.31. The number of rotatable bonds is 13. The Hall–Kier alpha value is -1.70. The van der Waals surface area contributed by atoms with Gasteiger partial charge >= 0.3 is 0 Å². The highest BCUT2D eigenvalue weighted by atomic mass is 16.5. The molecule has 0 fully saturated rings. The first kappa shape index (κ1) is 21.6. The van der Waals surface area contributed by atoms with Crippen molar-refractivity contribution < 1.29 is 9.47 Å². The van der Waals surface area contributed by atoms with Crippen LogP contribution in [0.15, 0.2) is 0 Å². The SMILES string of the molecule is COCCN(CCCCCCc1c(C)[nH]c2c(N)nc(C)nc12)CCOC. The van der Waals surface area contributed by atoms with E-state index in [2.05, 4.69) is 26.8 Å². The Morgan fingerprint density at radius 1 is 0.926 bits per heavy atom. The number of nitrogens with two attached hydrogens (primary N) is 1. The van der Waals surface area contributed by atoms with Crippen LogP contribution in [0.3, 0.4) is 0 Å². The van der Waals surface area contributed by atoms with Crippen molar-refractivity contribution in [1.82, 2.24) is 19.9 Å². The van der Waals surface area contributed by atoms with E-state index in [1.54, 1.807) is 14.2 Å². The summed E-state index contributed by atoms with van der Waals surface area (Å²) in [5.41, 5.74) is 10.3. The van der Waals surface area contributed by atoms with E-state index in [0.717, 1.165) is 68.2 Å². The topological polar surface area (TPSA) is 89.3 Å². The summed E-state index contributed by atoms with van der Waals surface area (Å²) in [7, 11) is 3.50. The van der Waals surface area contributed by atoms with Crippen molar-refractivity contribution in [3.05, 3.63) is 17.1 Å². The van der Waals surface area contributed by atoms with Gasteiger partial charge in [0.2, 0.25) is 0 Å². The summed E-state index contributed by atoms with van der Waals surface area (Å²) in [6, 6.07) is 0. The van der Waals surface area contributed by atoms with Crippen molar-refractivity contribution in [2.24, 2.45) is 0 Å². The van der Waals surface area contributed by atoms with Crippen LogP contribution in [-0.2, 0) is 15.9 Å². The van der Waals surface area contributed by atoms with E-state index in [4.69, 9.17) is 15.2 Å². The molecule has 0 aliphatic rings. The fourth-order valence-corrected chi connectivity index (χ4v) is 3.45. The number of fused-ring (bicyclic) bond motifs is 1. The van der Waals surface area contributed by atoms with E-state index < -0.39 is 0 Å². The number of aromatic amines is 1. The van der Waals surface area contributed by atoms with Gasteiger partial charge < -0.3 is 20.2 Å². The molecule has 0 saturated heterocycles. The first-order valence-electron chi connectivity index (χ1n) is 9.88. The minimum atomic E-state index is 0.541. The predicted octanol–water partition coefficient (Wildman–Crippen LogP) is 2.85. The van der Waals surface area contributed by atoms with E-state index in [1.807, 2.05) is 6.92 Å². The Morgan fingerprint density at radius 3 is 2.26 bits per heavy atom. The molecule has 0 aromatic carbocycles. The molecule has 0 spiro atoms. The number of hydrogen-bond acceptors (Lipinski definition) is 6. The minimum Gasteiger partial charge on any atom is -0.383 e. The van der Waals surface area contributed by atoms with Gasteiger partial charge in [-0.3, -0.25) is 4.90 Å². The number of ether oxygens (including phenoxy) is 2. The third-order valence-corrected chi connectivity index (χ3v) is 4.97. The molecule has 0 bridgehead atoms. The Labute approximate surface area is 162 Å². The summed E-state index contributed by atoms with van der Waals surface area (Å²) in [5.74, 6) is 1.27. The maximum absolute atomic E-state index is 6.03. The van der Waals surface area contributed by atoms with E-state index in [0.29, 0.717) is 5.82 Å². The summed E-state index contributed by atoms with van der Waals surface area (Å²) < 4.78 is 10.4. The zero-order valence-electron chi connectivity index (χ0n) is 17.3. The number of nitrogens with zero attached hydrogens (tertiary/aromatic N) is 3. The van der Waals surface area contributed by atoms with Crippen molar-refractivity contribution >= 4 is 16.9 Å². The lowest BCUT2D eigenvalue weighted by atomic mass is 10.1. The number of unbranched alkanes of at least 4 members (excludes halogenated alkanes) is 3. The minimum absolute atomic E-state index is 0.541. The zero-order valence-corrected chi connectivity index (χ0v) is 17.3. The van der Waals surface area contributed by atoms with E-state index in [1.165, 1.54) is 24.8 Å². The summed E-state index contributed by atoms with van der Waals surface area (Å²) in [5, 5.41) is 0. The van der Waals surface area contributed by atoms with Gasteiger partial charge in [0.1, 0.15) is 11.3 Å². The van der Waals surface area contributed by atoms with Gasteiger partial charge in [-0.15, -0.1) is 0 Å². The lowest BCUT2D eigenvalue weighted by molar-refractivity contribution is 0.113. The molecule has 2 rings (SSSR count). The van der Waals surface area contributed by atoms with Crippen LogP contribution in [0.25, 0.3) is 11.0 Å². The van der Waals surface area contributed by atoms with Crippen LogP contribution < -0.4 is 5.73 Å². The molecule has 3 N–H and O–H groups in total. The Balaban J connectivity index is 1.77. The number of hydrogen-bond donors (Lipinski definition) is 2. The average molecular weight is 378 g/mol. The van der Waals surface area contributed by atoms with Gasteiger partial charge in [0.25, 0.3) is 0 Å². The largest absolute Gasteiger partial charge is 0.383 e. The molecule has 0 unspecified atom stereocenters. The molecule has 7 nitrogen and oxygen atoms in total. The highest BCUT2D eigenvalue weighted by molar-refractivity contribution is 5.88. The Kier molecular flexibility index (Phi) is 8.97. The molecule has 0 atom stereocenters. The third-order valence-electron chi connectivity index (χ3n) is 4.97. The van der Waals surface area contributed by atoms with E-state index >= 15 is 0 Å². The molecule has 2 aromatic rings. The fourth-order valence-electron chi connectivity index (χ4n) is 3.45. The van der Waals surface area contributed by atoms with Crippen LogP contribution in [-0.4, -0.2) is 66.9 Å². The van der Waals surface area contributed by atoms with Gasteiger partial charge in [-0.05, 0) is 45.2 Å². The second-order valence-corrected chi connectivity index (χ2v) is 7.10. The van der Waals surface area contributed by atoms with E-state index in [-0.39, 0.29) is 0 Å². The summed E-state index contributed by atoms with van der Waals surface area (Å²) in [6.45, 7) is 8.56. The quantitative estimate of drug-likeness (QED) is 0.522. The van der Waals surface area contributed by atoms with Crippen molar-refractivity contribution in [3.63, 3.8) is 0 Å². The standard InChI is InChI=1S/C20H35N5O2/c1-15-17(18-19(22-15)20(21)24-16(2)23-18)9-7-5-6-8-10-25(11-13-26-3)12-14-27-4/h22H,5-14H2,1-4H3,(H2,21,23,24). The fraction of sp³-hybridized carbons (Fsp3) is 0.700. The van der Waals surface area contributed by atoms with Crippen LogP contribution in [0.2, 0.25) is 0 Å². The second-order valence-electron chi connectivity index (χ2n) is 7.10. The second kappa shape index (κ2) is 11.2.